The third kappa shape index (κ3) is 6.43. The van der Waals surface area contributed by atoms with E-state index in [4.69, 9.17) is 0 Å². The van der Waals surface area contributed by atoms with E-state index in [-0.39, 0.29) is 23.4 Å². The molecule has 0 saturated heterocycles. The van der Waals surface area contributed by atoms with Crippen LogP contribution >= 0.6 is 23.5 Å². The zero-order valence-electron chi connectivity index (χ0n) is 14.0. The molecule has 0 aliphatic carbocycles. The molecule has 0 unspecified atom stereocenters. The molecule has 132 valence electrons. The molecule has 2 aromatic rings. The predicted molar refractivity (Wildman–Crippen MR) is 102 cm³/mol. The second-order valence-corrected chi connectivity index (χ2v) is 7.53. The molecule has 0 heterocycles. The fourth-order valence-corrected chi connectivity index (χ4v) is 3.47. The summed E-state index contributed by atoms with van der Waals surface area (Å²) in [6.45, 7) is 0. The van der Waals surface area contributed by atoms with Crippen LogP contribution in [0.4, 0.5) is 14.9 Å². The first-order valence-electron chi connectivity index (χ1n) is 7.62. The van der Waals surface area contributed by atoms with Crippen LogP contribution in [0.3, 0.4) is 0 Å². The summed E-state index contributed by atoms with van der Waals surface area (Å²) in [5.41, 5.74) is 0.637. The Balaban J connectivity index is 1.84. The molecule has 0 bridgehead atoms. The molecule has 0 radical (unpaired) electrons. The lowest BCUT2D eigenvalue weighted by Crippen LogP contribution is -2.16. The van der Waals surface area contributed by atoms with Crippen molar-refractivity contribution in [2.75, 3.05) is 25.2 Å². The molecule has 2 amide bonds. The van der Waals surface area contributed by atoms with Crippen molar-refractivity contribution in [1.82, 2.24) is 4.90 Å². The van der Waals surface area contributed by atoms with Crippen LogP contribution in [0, 0.1) is 5.82 Å². The summed E-state index contributed by atoms with van der Waals surface area (Å²) in [5, 5.41) is 2.72. The Kier molecular flexibility index (Phi) is 7.33. The summed E-state index contributed by atoms with van der Waals surface area (Å²) in [6, 6.07) is 13.6. The van der Waals surface area contributed by atoms with E-state index < -0.39 is 0 Å². The maximum absolute atomic E-state index is 13.5. The summed E-state index contributed by atoms with van der Waals surface area (Å²) >= 11 is 2.41. The Morgan fingerprint density at radius 2 is 1.88 bits per heavy atom. The van der Waals surface area contributed by atoms with Crippen LogP contribution in [0.2, 0.25) is 0 Å². The molecule has 25 heavy (non-hydrogen) atoms. The lowest BCUT2D eigenvalue weighted by molar-refractivity contribution is -0.115. The molecule has 0 spiro atoms. The third-order valence-corrected chi connectivity index (χ3v) is 5.19. The fraction of sp³-hybridized carbons (Fsp3) is 0.222. The van der Waals surface area contributed by atoms with Crippen molar-refractivity contribution in [2.24, 2.45) is 0 Å². The van der Waals surface area contributed by atoms with Gasteiger partial charge in [0.25, 0.3) is 5.24 Å². The van der Waals surface area contributed by atoms with Gasteiger partial charge in [0.05, 0.1) is 0 Å². The summed E-state index contributed by atoms with van der Waals surface area (Å²) in [5.74, 6) is 0.0634. The van der Waals surface area contributed by atoms with Crippen molar-refractivity contribution in [3.63, 3.8) is 0 Å². The maximum atomic E-state index is 13.5. The average Bonchev–Trinajstić information content (AvgIpc) is 2.57. The van der Waals surface area contributed by atoms with Gasteiger partial charge in [0.1, 0.15) is 5.82 Å². The number of hydrogen-bond donors (Lipinski definition) is 1. The van der Waals surface area contributed by atoms with Crippen molar-refractivity contribution >= 4 is 40.4 Å². The number of hydrogen-bond acceptors (Lipinski definition) is 4. The van der Waals surface area contributed by atoms with E-state index >= 15 is 0 Å². The van der Waals surface area contributed by atoms with Crippen molar-refractivity contribution in [3.05, 3.63) is 54.3 Å². The molecule has 0 atom stereocenters. The van der Waals surface area contributed by atoms with E-state index in [1.807, 2.05) is 6.07 Å². The van der Waals surface area contributed by atoms with Gasteiger partial charge in [-0.25, -0.2) is 4.39 Å². The molecule has 7 heteroatoms. The maximum Gasteiger partial charge on any atom is 0.285 e. The number of carbonyl (C=O) groups excluding carboxylic acids is 2. The van der Waals surface area contributed by atoms with Crippen LogP contribution in [0.15, 0.2) is 58.3 Å². The van der Waals surface area contributed by atoms with Crippen molar-refractivity contribution < 1.29 is 14.0 Å². The zero-order valence-corrected chi connectivity index (χ0v) is 15.6. The minimum absolute atomic E-state index is 0.0789. The molecule has 0 saturated carbocycles. The minimum atomic E-state index is -0.275. The largest absolute Gasteiger partial charge is 0.339 e. The summed E-state index contributed by atoms with van der Waals surface area (Å²) in [6.07, 6.45) is 0.271. The second kappa shape index (κ2) is 9.48. The van der Waals surface area contributed by atoms with Crippen LogP contribution in [-0.2, 0) is 4.79 Å². The lowest BCUT2D eigenvalue weighted by Gasteiger charge is -2.10. The predicted octanol–water partition coefficient (Wildman–Crippen LogP) is 4.72. The van der Waals surface area contributed by atoms with Gasteiger partial charge in [-0.15, -0.1) is 11.8 Å². The van der Waals surface area contributed by atoms with E-state index in [0.29, 0.717) is 16.3 Å². The van der Waals surface area contributed by atoms with Gasteiger partial charge in [-0.05, 0) is 42.1 Å². The highest BCUT2D eigenvalue weighted by molar-refractivity contribution is 8.13. The number of benzene rings is 2. The number of thioether (sulfide) groups is 2. The molecular weight excluding hydrogens is 359 g/mol. The van der Waals surface area contributed by atoms with Gasteiger partial charge >= 0.3 is 0 Å². The Labute approximate surface area is 155 Å². The second-order valence-electron chi connectivity index (χ2n) is 5.37. The van der Waals surface area contributed by atoms with Crippen LogP contribution < -0.4 is 5.32 Å². The number of nitrogens with zero attached hydrogens (tertiary/aromatic N) is 1. The first-order chi connectivity index (χ1) is 12.0. The Hall–Kier alpha value is -1.99. The minimum Gasteiger partial charge on any atom is -0.339 e. The van der Waals surface area contributed by atoms with Gasteiger partial charge in [0, 0.05) is 41.7 Å². The van der Waals surface area contributed by atoms with E-state index in [0.717, 1.165) is 16.7 Å². The number of nitrogens with one attached hydrogen (secondary N) is 1. The zero-order chi connectivity index (χ0) is 18.2. The summed E-state index contributed by atoms with van der Waals surface area (Å²) in [7, 11) is 3.38. The van der Waals surface area contributed by atoms with Gasteiger partial charge < -0.3 is 10.2 Å². The molecule has 1 N–H and O–H groups in total. The van der Waals surface area contributed by atoms with Gasteiger partial charge in [-0.1, -0.05) is 18.2 Å². The number of rotatable bonds is 6. The van der Waals surface area contributed by atoms with Gasteiger partial charge in [-0.3, -0.25) is 9.59 Å². The Bertz CT molecular complexity index is 753. The molecule has 0 aliphatic heterocycles. The number of amides is 2. The standard InChI is InChI=1S/C18H19FN2O2S2/c1-21(2)18(23)25-14-7-5-6-13(12-14)20-17(22)10-11-24-16-9-4-3-8-15(16)19/h3-9,12H,10-11H2,1-2H3,(H,20,22). The Morgan fingerprint density at radius 1 is 1.12 bits per heavy atom. The first kappa shape index (κ1) is 19.3. The van der Waals surface area contributed by atoms with E-state index in [2.05, 4.69) is 5.32 Å². The number of anilines is 1. The lowest BCUT2D eigenvalue weighted by atomic mass is 10.3. The first-order valence-corrected chi connectivity index (χ1v) is 9.42. The normalized spacial score (nSPS) is 10.4. The quantitative estimate of drug-likeness (QED) is 0.739. The highest BCUT2D eigenvalue weighted by atomic mass is 32.2. The summed E-state index contributed by atoms with van der Waals surface area (Å²) < 4.78 is 13.5. The molecule has 2 aromatic carbocycles. The van der Waals surface area contributed by atoms with E-state index in [1.54, 1.807) is 50.5 Å². The molecule has 0 aromatic heterocycles. The smallest absolute Gasteiger partial charge is 0.285 e. The van der Waals surface area contributed by atoms with Crippen molar-refractivity contribution in [2.45, 2.75) is 16.2 Å². The fourth-order valence-electron chi connectivity index (χ4n) is 1.87. The molecule has 2 rings (SSSR count). The van der Waals surface area contributed by atoms with Crippen LogP contribution in [0.25, 0.3) is 0 Å². The highest BCUT2D eigenvalue weighted by Gasteiger charge is 2.09. The molecule has 0 aliphatic rings. The van der Waals surface area contributed by atoms with Gasteiger partial charge in [-0.2, -0.15) is 0 Å². The highest BCUT2D eigenvalue weighted by Crippen LogP contribution is 2.24. The Morgan fingerprint density at radius 3 is 2.60 bits per heavy atom. The topological polar surface area (TPSA) is 49.4 Å². The molecular formula is C18H19FN2O2S2. The van der Waals surface area contributed by atoms with Crippen LogP contribution in [0.1, 0.15) is 6.42 Å². The van der Waals surface area contributed by atoms with Gasteiger partial charge in [0.15, 0.2) is 0 Å². The monoisotopic (exact) mass is 378 g/mol. The SMILES string of the molecule is CN(C)C(=O)Sc1cccc(NC(=O)CCSc2ccccc2F)c1. The molecule has 4 nitrogen and oxygen atoms in total. The average molecular weight is 378 g/mol. The van der Waals surface area contributed by atoms with Crippen molar-refractivity contribution in [1.29, 1.82) is 0 Å². The van der Waals surface area contributed by atoms with E-state index in [9.17, 15) is 14.0 Å². The third-order valence-electron chi connectivity index (χ3n) is 3.11. The molecule has 0 fully saturated rings. The summed E-state index contributed by atoms with van der Waals surface area (Å²) in [4.78, 5) is 26.5. The number of halogens is 1. The van der Waals surface area contributed by atoms with Crippen molar-refractivity contribution in [3.8, 4) is 0 Å². The van der Waals surface area contributed by atoms with Crippen LogP contribution in [-0.4, -0.2) is 35.9 Å². The van der Waals surface area contributed by atoms with Crippen LogP contribution in [0.5, 0.6) is 0 Å². The van der Waals surface area contributed by atoms with Gasteiger partial charge in [0.2, 0.25) is 5.91 Å². The van der Waals surface area contributed by atoms with E-state index in [1.165, 1.54) is 22.7 Å². The number of carbonyl (C=O) groups is 2.